The Morgan fingerprint density at radius 2 is 2.32 bits per heavy atom. The van der Waals surface area contributed by atoms with E-state index in [0.717, 1.165) is 30.5 Å². The van der Waals surface area contributed by atoms with Crippen molar-refractivity contribution in [1.29, 1.82) is 0 Å². The fourth-order valence-corrected chi connectivity index (χ4v) is 3.29. The van der Waals surface area contributed by atoms with Gasteiger partial charge < -0.3 is 24.8 Å². The lowest BCUT2D eigenvalue weighted by molar-refractivity contribution is -0.126. The van der Waals surface area contributed by atoms with Gasteiger partial charge in [0.25, 0.3) is 5.91 Å². The van der Waals surface area contributed by atoms with E-state index in [-0.39, 0.29) is 38.1 Å². The number of rotatable bonds is 5. The van der Waals surface area contributed by atoms with Gasteiger partial charge in [0.05, 0.1) is 26.3 Å². The molecule has 138 valence electrons. The molecule has 1 aromatic rings. The molecule has 1 aliphatic heterocycles. The maximum Gasteiger partial charge on any atom is 0.274 e. The van der Waals surface area contributed by atoms with Crippen LogP contribution in [0.5, 0.6) is 0 Å². The molecule has 2 heterocycles. The summed E-state index contributed by atoms with van der Waals surface area (Å²) in [6.45, 7) is 0.710. The Kier molecular flexibility index (Phi) is 5.36. The molecule has 0 unspecified atom stereocenters. The lowest BCUT2D eigenvalue weighted by atomic mass is 10.0. The number of hydrogen-bond acceptors (Lipinski definition) is 6. The van der Waals surface area contributed by atoms with Gasteiger partial charge in [0.1, 0.15) is 12.2 Å². The Balaban J connectivity index is 1.68. The Morgan fingerprint density at radius 3 is 3.12 bits per heavy atom. The number of amides is 2. The largest absolute Gasteiger partial charge is 0.384 e. The zero-order valence-electron chi connectivity index (χ0n) is 14.3. The molecular weight excluding hydrogens is 328 g/mol. The number of hydrogen-bond donors (Lipinski definition) is 3. The molecule has 0 bridgehead atoms. The summed E-state index contributed by atoms with van der Waals surface area (Å²) in [5.41, 5.74) is 1.08. The van der Waals surface area contributed by atoms with Gasteiger partial charge in [-0.1, -0.05) is 0 Å². The fraction of sp³-hybridized carbons (Fsp3) is 0.688. The van der Waals surface area contributed by atoms with Gasteiger partial charge in [0, 0.05) is 24.9 Å². The third-order valence-electron chi connectivity index (χ3n) is 4.55. The van der Waals surface area contributed by atoms with E-state index in [1.54, 1.807) is 4.90 Å². The van der Waals surface area contributed by atoms with Crippen LogP contribution in [0, 0.1) is 0 Å². The Hall–Kier alpha value is -1.97. The van der Waals surface area contributed by atoms with E-state index in [0.29, 0.717) is 18.8 Å². The third kappa shape index (κ3) is 4.00. The van der Waals surface area contributed by atoms with E-state index in [1.807, 2.05) is 0 Å². The number of H-pyrrole nitrogens is 1. The molecule has 0 aromatic carbocycles. The van der Waals surface area contributed by atoms with Gasteiger partial charge in [-0.15, -0.1) is 0 Å². The van der Waals surface area contributed by atoms with Crippen LogP contribution in [0.2, 0.25) is 0 Å². The first kappa shape index (κ1) is 17.8. The monoisotopic (exact) mass is 352 g/mol. The lowest BCUT2D eigenvalue weighted by Gasteiger charge is -2.30. The fourth-order valence-electron chi connectivity index (χ4n) is 3.29. The Morgan fingerprint density at radius 1 is 1.48 bits per heavy atom. The van der Waals surface area contributed by atoms with Crippen LogP contribution >= 0.6 is 0 Å². The number of carbonyl (C=O) groups is 2. The molecule has 1 fully saturated rings. The van der Waals surface area contributed by atoms with E-state index in [9.17, 15) is 14.7 Å². The van der Waals surface area contributed by atoms with Crippen molar-refractivity contribution in [3.8, 4) is 0 Å². The van der Waals surface area contributed by atoms with Crippen molar-refractivity contribution in [2.24, 2.45) is 0 Å². The molecule has 0 spiro atoms. The number of methoxy groups -OCH3 is 1. The summed E-state index contributed by atoms with van der Waals surface area (Å²) in [5.74, 6) is -0.547. The number of nitrogens with one attached hydrogen (secondary N) is 2. The van der Waals surface area contributed by atoms with Crippen molar-refractivity contribution in [1.82, 2.24) is 20.4 Å². The number of aromatic amines is 1. The molecule has 1 atom stereocenters. The first-order valence-corrected chi connectivity index (χ1v) is 8.43. The summed E-state index contributed by atoms with van der Waals surface area (Å²) in [6.07, 6.45) is 2.77. The summed E-state index contributed by atoms with van der Waals surface area (Å²) >= 11 is 0. The number of aryl methyl sites for hydroxylation is 1. The molecule has 3 rings (SSSR count). The van der Waals surface area contributed by atoms with Crippen molar-refractivity contribution in [2.75, 3.05) is 46.6 Å². The highest BCUT2D eigenvalue weighted by molar-refractivity contribution is 5.94. The van der Waals surface area contributed by atoms with Crippen molar-refractivity contribution < 1.29 is 24.2 Å². The maximum atomic E-state index is 12.9. The molecule has 0 saturated carbocycles. The van der Waals surface area contributed by atoms with Crippen LogP contribution in [-0.2, 0) is 27.1 Å². The molecule has 2 amide bonds. The van der Waals surface area contributed by atoms with Crippen LogP contribution < -0.4 is 5.32 Å². The highest BCUT2D eigenvalue weighted by Crippen LogP contribution is 2.24. The first-order chi connectivity index (χ1) is 12.0. The molecule has 1 aromatic heterocycles. The van der Waals surface area contributed by atoms with E-state index < -0.39 is 5.60 Å². The number of fused-ring (bicyclic) bond motifs is 1. The normalized spacial score (nSPS) is 23.2. The van der Waals surface area contributed by atoms with Crippen molar-refractivity contribution in [2.45, 2.75) is 24.9 Å². The highest BCUT2D eigenvalue weighted by Gasteiger charge is 2.36. The zero-order valence-corrected chi connectivity index (χ0v) is 14.3. The molecule has 3 N–H and O–H groups in total. The molecule has 9 heteroatoms. The van der Waals surface area contributed by atoms with Gasteiger partial charge in [0.2, 0.25) is 5.91 Å². The van der Waals surface area contributed by atoms with Gasteiger partial charge in [-0.3, -0.25) is 14.7 Å². The van der Waals surface area contributed by atoms with Gasteiger partial charge in [-0.05, 0) is 19.3 Å². The number of aromatic nitrogens is 2. The molecule has 25 heavy (non-hydrogen) atoms. The van der Waals surface area contributed by atoms with Gasteiger partial charge in [-0.25, -0.2) is 0 Å². The van der Waals surface area contributed by atoms with Crippen LogP contribution in [-0.4, -0.2) is 84.2 Å². The van der Waals surface area contributed by atoms with Crippen LogP contribution in [0.3, 0.4) is 0 Å². The Labute approximate surface area is 145 Å². The van der Waals surface area contributed by atoms with E-state index >= 15 is 0 Å². The summed E-state index contributed by atoms with van der Waals surface area (Å²) in [6, 6.07) is 0. The van der Waals surface area contributed by atoms with Crippen LogP contribution in [0.25, 0.3) is 0 Å². The average Bonchev–Trinajstić information content (AvgIpc) is 3.14. The Bertz CT molecular complexity index is 646. The molecule has 2 aliphatic rings. The summed E-state index contributed by atoms with van der Waals surface area (Å²) in [7, 11) is 1.42. The second-order valence-corrected chi connectivity index (χ2v) is 6.60. The second-order valence-electron chi connectivity index (χ2n) is 6.60. The number of aliphatic hydroxyl groups is 1. The third-order valence-corrected chi connectivity index (χ3v) is 4.55. The topological polar surface area (TPSA) is 117 Å². The van der Waals surface area contributed by atoms with Crippen LogP contribution in [0.1, 0.15) is 28.2 Å². The van der Waals surface area contributed by atoms with Gasteiger partial charge in [0.15, 0.2) is 5.69 Å². The minimum atomic E-state index is -1.35. The zero-order chi connectivity index (χ0) is 17.9. The lowest BCUT2D eigenvalue weighted by Crippen LogP contribution is -2.53. The second kappa shape index (κ2) is 7.51. The predicted molar refractivity (Wildman–Crippen MR) is 87.2 cm³/mol. The van der Waals surface area contributed by atoms with Crippen molar-refractivity contribution >= 4 is 11.8 Å². The van der Waals surface area contributed by atoms with Crippen molar-refractivity contribution in [3.63, 3.8) is 0 Å². The molecule has 1 saturated heterocycles. The van der Waals surface area contributed by atoms with E-state index in [2.05, 4.69) is 15.5 Å². The maximum absolute atomic E-state index is 12.9. The minimum Gasteiger partial charge on any atom is -0.384 e. The summed E-state index contributed by atoms with van der Waals surface area (Å²) < 4.78 is 10.2. The smallest absolute Gasteiger partial charge is 0.274 e. The number of carbonyl (C=O) groups excluding carboxylic acids is 2. The summed E-state index contributed by atoms with van der Waals surface area (Å²) in [4.78, 5) is 26.0. The SMILES string of the molecule is COCC(=O)NC[C@]1(O)COCCN(C(=O)c2n[nH]c3c2CCC3)C1. The minimum absolute atomic E-state index is 0.0162. The van der Waals surface area contributed by atoms with Crippen molar-refractivity contribution in [3.05, 3.63) is 17.0 Å². The molecular formula is C16H24N4O5. The summed E-state index contributed by atoms with van der Waals surface area (Å²) in [5, 5.41) is 20.5. The predicted octanol–water partition coefficient (Wildman–Crippen LogP) is -1.14. The van der Waals surface area contributed by atoms with Gasteiger partial charge in [-0.2, -0.15) is 5.10 Å². The van der Waals surface area contributed by atoms with Gasteiger partial charge >= 0.3 is 0 Å². The average molecular weight is 352 g/mol. The van der Waals surface area contributed by atoms with E-state index in [1.165, 1.54) is 7.11 Å². The van der Waals surface area contributed by atoms with Crippen LogP contribution in [0.4, 0.5) is 0 Å². The number of ether oxygens (including phenoxy) is 2. The van der Waals surface area contributed by atoms with Crippen LogP contribution in [0.15, 0.2) is 0 Å². The quantitative estimate of drug-likeness (QED) is 0.617. The molecule has 0 radical (unpaired) electrons. The first-order valence-electron chi connectivity index (χ1n) is 8.43. The molecule has 1 aliphatic carbocycles. The number of nitrogens with zero attached hydrogens (tertiary/aromatic N) is 2. The number of β-amino-alcohol motifs (C(OH)–C–C–N with tert-alkyl or cyclic N) is 1. The highest BCUT2D eigenvalue weighted by atomic mass is 16.5. The standard InChI is InChI=1S/C16H24N4O5/c1-24-7-13(21)17-8-16(23)9-20(5-6-25-10-16)15(22)14-11-3-2-4-12(11)18-19-14/h23H,2-10H2,1H3,(H,17,21)(H,18,19)/t16-/m1/s1. The van der Waals surface area contributed by atoms with E-state index in [4.69, 9.17) is 9.47 Å². The molecule has 9 nitrogen and oxygen atoms in total.